The van der Waals surface area contributed by atoms with Gasteiger partial charge in [0.2, 0.25) is 0 Å². The molecule has 1 atom stereocenters. The van der Waals surface area contributed by atoms with E-state index in [-0.39, 0.29) is 23.1 Å². The number of halogens is 2. The first kappa shape index (κ1) is 13.5. The van der Waals surface area contributed by atoms with Crippen LogP contribution in [0.25, 0.3) is 0 Å². The Balaban J connectivity index is 2.08. The lowest BCUT2D eigenvalue weighted by Gasteiger charge is -2.11. The van der Waals surface area contributed by atoms with Gasteiger partial charge in [0.1, 0.15) is 5.82 Å². The van der Waals surface area contributed by atoms with E-state index in [9.17, 15) is 17.6 Å². The van der Waals surface area contributed by atoms with Gasteiger partial charge in [-0.25, -0.2) is 12.8 Å². The van der Waals surface area contributed by atoms with Crippen molar-refractivity contribution in [2.24, 2.45) is 0 Å². The van der Waals surface area contributed by atoms with Crippen molar-refractivity contribution in [3.63, 3.8) is 0 Å². The highest BCUT2D eigenvalue weighted by atomic mass is 79.9. The lowest BCUT2D eigenvalue weighted by molar-refractivity contribution is 0.0940. The van der Waals surface area contributed by atoms with Gasteiger partial charge in [-0.2, -0.15) is 0 Å². The smallest absolute Gasteiger partial charge is 0.251 e. The second-order valence-corrected chi connectivity index (χ2v) is 7.38. The minimum atomic E-state index is -3.04. The molecule has 1 N–H and O–H groups in total. The van der Waals surface area contributed by atoms with Crippen molar-refractivity contribution in [2.75, 3.05) is 11.5 Å². The van der Waals surface area contributed by atoms with Crippen molar-refractivity contribution in [1.29, 1.82) is 0 Å². The van der Waals surface area contributed by atoms with Crippen LogP contribution in [0.4, 0.5) is 4.39 Å². The molecule has 1 aliphatic rings. The molecule has 0 aromatic heterocycles. The Hall–Kier alpha value is -0.950. The van der Waals surface area contributed by atoms with E-state index in [0.29, 0.717) is 10.9 Å². The van der Waals surface area contributed by atoms with Gasteiger partial charge in [-0.3, -0.25) is 4.79 Å². The number of hydrogen-bond donors (Lipinski definition) is 1. The highest BCUT2D eigenvalue weighted by molar-refractivity contribution is 9.10. The molecule has 0 unspecified atom stereocenters. The Morgan fingerprint density at radius 1 is 1.39 bits per heavy atom. The predicted octanol–water partition coefficient (Wildman–Crippen LogP) is 1.51. The highest BCUT2D eigenvalue weighted by Gasteiger charge is 2.29. The average molecular weight is 336 g/mol. The number of rotatable bonds is 2. The van der Waals surface area contributed by atoms with Crippen LogP contribution >= 0.6 is 15.9 Å². The summed E-state index contributed by atoms with van der Waals surface area (Å²) < 4.78 is 36.1. The van der Waals surface area contributed by atoms with Crippen molar-refractivity contribution in [3.05, 3.63) is 34.1 Å². The summed E-state index contributed by atoms with van der Waals surface area (Å²) in [4.78, 5) is 11.8. The number of hydrogen-bond acceptors (Lipinski definition) is 3. The molecular formula is C11H11BrFNO3S. The topological polar surface area (TPSA) is 63.2 Å². The van der Waals surface area contributed by atoms with Gasteiger partial charge in [0, 0.05) is 16.1 Å². The summed E-state index contributed by atoms with van der Waals surface area (Å²) in [7, 11) is -3.04. The van der Waals surface area contributed by atoms with Crippen LogP contribution in [0, 0.1) is 5.82 Å². The van der Waals surface area contributed by atoms with Crippen LogP contribution in [-0.4, -0.2) is 31.9 Å². The first-order valence-corrected chi connectivity index (χ1v) is 7.94. The molecular weight excluding hydrogens is 325 g/mol. The fourth-order valence-corrected chi connectivity index (χ4v) is 4.00. The summed E-state index contributed by atoms with van der Waals surface area (Å²) in [5.41, 5.74) is 0.172. The molecule has 1 saturated heterocycles. The molecule has 1 aliphatic heterocycles. The van der Waals surface area contributed by atoms with Crippen molar-refractivity contribution in [2.45, 2.75) is 12.5 Å². The van der Waals surface area contributed by atoms with Gasteiger partial charge < -0.3 is 5.32 Å². The Morgan fingerprint density at radius 3 is 2.67 bits per heavy atom. The molecule has 1 fully saturated rings. The van der Waals surface area contributed by atoms with Crippen LogP contribution in [-0.2, 0) is 9.84 Å². The predicted molar refractivity (Wildman–Crippen MR) is 68.6 cm³/mol. The molecule has 98 valence electrons. The molecule has 0 aliphatic carbocycles. The van der Waals surface area contributed by atoms with E-state index in [2.05, 4.69) is 21.2 Å². The lowest BCUT2D eigenvalue weighted by Crippen LogP contribution is -2.35. The zero-order valence-electron chi connectivity index (χ0n) is 9.32. The molecule has 1 heterocycles. The Labute approximate surface area is 113 Å². The molecule has 0 radical (unpaired) electrons. The maximum atomic E-state index is 13.1. The van der Waals surface area contributed by atoms with Gasteiger partial charge in [0.05, 0.1) is 11.5 Å². The standard InChI is InChI=1S/C11H11BrFNO3S/c12-8-3-7(4-9(13)5-8)11(15)14-10-1-2-18(16,17)6-10/h3-5,10H,1-2,6H2,(H,14,15)/t10-/m1/s1. The summed E-state index contributed by atoms with van der Waals surface area (Å²) in [6.45, 7) is 0. The first-order valence-electron chi connectivity index (χ1n) is 5.33. The molecule has 0 saturated carbocycles. The molecule has 1 aromatic carbocycles. The van der Waals surface area contributed by atoms with Gasteiger partial charge in [-0.1, -0.05) is 15.9 Å². The quantitative estimate of drug-likeness (QED) is 0.890. The molecule has 0 bridgehead atoms. The summed E-state index contributed by atoms with van der Waals surface area (Å²) in [5.74, 6) is -0.939. The fraction of sp³-hybridized carbons (Fsp3) is 0.364. The Bertz CT molecular complexity index is 568. The minimum Gasteiger partial charge on any atom is -0.348 e. The van der Waals surface area contributed by atoms with E-state index in [0.717, 1.165) is 6.07 Å². The van der Waals surface area contributed by atoms with Crippen LogP contribution in [0.15, 0.2) is 22.7 Å². The van der Waals surface area contributed by atoms with Gasteiger partial charge in [-0.15, -0.1) is 0 Å². The third kappa shape index (κ3) is 3.29. The van der Waals surface area contributed by atoms with E-state index in [1.807, 2.05) is 0 Å². The zero-order valence-corrected chi connectivity index (χ0v) is 11.7. The van der Waals surface area contributed by atoms with E-state index >= 15 is 0 Å². The van der Waals surface area contributed by atoms with Crippen molar-refractivity contribution < 1.29 is 17.6 Å². The van der Waals surface area contributed by atoms with Crippen molar-refractivity contribution >= 4 is 31.7 Å². The number of carbonyl (C=O) groups is 1. The number of sulfone groups is 1. The third-order valence-electron chi connectivity index (χ3n) is 2.69. The number of benzene rings is 1. The third-order valence-corrected chi connectivity index (χ3v) is 4.92. The molecule has 0 spiro atoms. The van der Waals surface area contributed by atoms with Crippen LogP contribution in [0.3, 0.4) is 0 Å². The summed E-state index contributed by atoms with van der Waals surface area (Å²) in [5, 5.41) is 2.60. The molecule has 2 rings (SSSR count). The van der Waals surface area contributed by atoms with Gasteiger partial charge in [0.25, 0.3) is 5.91 Å². The molecule has 1 aromatic rings. The van der Waals surface area contributed by atoms with Crippen LogP contribution in [0.1, 0.15) is 16.8 Å². The van der Waals surface area contributed by atoms with Crippen molar-refractivity contribution in [1.82, 2.24) is 5.32 Å². The summed E-state index contributed by atoms with van der Waals surface area (Å²) >= 11 is 3.10. The van der Waals surface area contributed by atoms with Crippen LogP contribution < -0.4 is 5.32 Å². The monoisotopic (exact) mass is 335 g/mol. The molecule has 18 heavy (non-hydrogen) atoms. The molecule has 4 nitrogen and oxygen atoms in total. The van der Waals surface area contributed by atoms with E-state index in [1.165, 1.54) is 12.1 Å². The second kappa shape index (κ2) is 4.97. The normalized spacial score (nSPS) is 21.8. The number of nitrogens with one attached hydrogen (secondary N) is 1. The molecule has 1 amide bonds. The van der Waals surface area contributed by atoms with Gasteiger partial charge in [0.15, 0.2) is 9.84 Å². The molecule has 7 heteroatoms. The minimum absolute atomic E-state index is 0.0464. The Kier molecular flexibility index (Phi) is 3.72. The largest absolute Gasteiger partial charge is 0.348 e. The number of carbonyl (C=O) groups excluding carboxylic acids is 1. The number of amides is 1. The van der Waals surface area contributed by atoms with Crippen LogP contribution in [0.5, 0.6) is 0 Å². The zero-order chi connectivity index (χ0) is 13.3. The average Bonchev–Trinajstić information content (AvgIpc) is 2.56. The van der Waals surface area contributed by atoms with Gasteiger partial charge in [-0.05, 0) is 24.6 Å². The summed E-state index contributed by atoms with van der Waals surface area (Å²) in [6, 6.07) is 3.46. The fourth-order valence-electron chi connectivity index (χ4n) is 1.86. The lowest BCUT2D eigenvalue weighted by atomic mass is 10.2. The first-order chi connectivity index (χ1) is 8.35. The highest BCUT2D eigenvalue weighted by Crippen LogP contribution is 2.16. The van der Waals surface area contributed by atoms with E-state index < -0.39 is 21.6 Å². The summed E-state index contributed by atoms with van der Waals surface area (Å²) in [6.07, 6.45) is 0.407. The maximum Gasteiger partial charge on any atom is 0.251 e. The second-order valence-electron chi connectivity index (χ2n) is 4.23. The van der Waals surface area contributed by atoms with E-state index in [1.54, 1.807) is 0 Å². The van der Waals surface area contributed by atoms with Gasteiger partial charge >= 0.3 is 0 Å². The van der Waals surface area contributed by atoms with E-state index in [4.69, 9.17) is 0 Å². The maximum absolute atomic E-state index is 13.1. The SMILES string of the molecule is O=C(N[C@@H]1CCS(=O)(=O)C1)c1cc(F)cc(Br)c1. The van der Waals surface area contributed by atoms with Crippen LogP contribution in [0.2, 0.25) is 0 Å². The Morgan fingerprint density at radius 2 is 2.11 bits per heavy atom. The van der Waals surface area contributed by atoms with Crippen molar-refractivity contribution in [3.8, 4) is 0 Å².